The van der Waals surface area contributed by atoms with E-state index in [2.05, 4.69) is 11.4 Å². The van der Waals surface area contributed by atoms with Crippen LogP contribution in [0.5, 0.6) is 0 Å². The maximum Gasteiger partial charge on any atom is 0.469 e. The third-order valence-electron chi connectivity index (χ3n) is 2.34. The molecule has 0 saturated carbocycles. The zero-order chi connectivity index (χ0) is 14.0. The number of hydrogen-bond acceptors (Lipinski definition) is 3. The number of hydrogen-bond donors (Lipinski definition) is 3. The Bertz CT molecular complexity index is 319. The van der Waals surface area contributed by atoms with Crippen LogP contribution in [0, 0.1) is 0 Å². The Kier molecular flexibility index (Phi) is 8.93. The van der Waals surface area contributed by atoms with Gasteiger partial charge in [-0.25, -0.2) is 9.36 Å². The van der Waals surface area contributed by atoms with Crippen molar-refractivity contribution in [3.05, 3.63) is 11.6 Å². The van der Waals surface area contributed by atoms with Crippen LogP contribution in [0.2, 0.25) is 0 Å². The highest BCUT2D eigenvalue weighted by Crippen LogP contribution is 2.35. The van der Waals surface area contributed by atoms with Gasteiger partial charge in [-0.05, 0) is 19.3 Å². The Hall–Kier alpha value is -0.680. The standard InChI is InChI=1S/C11H21O6P/c1-2-3-4-5-7-10(11(12)13)8-6-9-17-18(14,15)16/h8H,2-7,9H2,1H3,(H,12,13)(H2,14,15,16). The smallest absolute Gasteiger partial charge is 0.469 e. The molecule has 0 fully saturated rings. The Labute approximate surface area is 107 Å². The summed E-state index contributed by atoms with van der Waals surface area (Å²) in [6.07, 6.45) is 6.08. The Morgan fingerprint density at radius 2 is 1.94 bits per heavy atom. The fourth-order valence-electron chi connectivity index (χ4n) is 1.44. The molecule has 0 amide bonds. The third-order valence-corrected chi connectivity index (χ3v) is 2.86. The molecule has 7 heteroatoms. The van der Waals surface area contributed by atoms with Crippen molar-refractivity contribution in [2.24, 2.45) is 0 Å². The van der Waals surface area contributed by atoms with E-state index in [4.69, 9.17) is 14.9 Å². The largest absolute Gasteiger partial charge is 0.478 e. The van der Waals surface area contributed by atoms with Crippen molar-refractivity contribution in [1.29, 1.82) is 0 Å². The molecule has 0 bridgehead atoms. The van der Waals surface area contributed by atoms with Crippen LogP contribution in [0.25, 0.3) is 0 Å². The van der Waals surface area contributed by atoms with E-state index in [0.29, 0.717) is 6.42 Å². The number of aliphatic carboxylic acids is 1. The van der Waals surface area contributed by atoms with E-state index in [-0.39, 0.29) is 18.6 Å². The van der Waals surface area contributed by atoms with Crippen LogP contribution in [-0.2, 0) is 13.9 Å². The maximum absolute atomic E-state index is 10.9. The molecule has 3 N–H and O–H groups in total. The Morgan fingerprint density at radius 1 is 1.28 bits per heavy atom. The van der Waals surface area contributed by atoms with Gasteiger partial charge in [0.15, 0.2) is 0 Å². The molecule has 106 valence electrons. The summed E-state index contributed by atoms with van der Waals surface area (Å²) in [5, 5.41) is 8.93. The molecule has 0 heterocycles. The van der Waals surface area contributed by atoms with E-state index in [1.807, 2.05) is 0 Å². The average molecular weight is 280 g/mol. The molecule has 0 unspecified atom stereocenters. The minimum absolute atomic E-state index is 0.181. The van der Waals surface area contributed by atoms with E-state index in [0.717, 1.165) is 25.7 Å². The van der Waals surface area contributed by atoms with Gasteiger partial charge in [-0.15, -0.1) is 0 Å². The van der Waals surface area contributed by atoms with E-state index >= 15 is 0 Å². The molecule has 18 heavy (non-hydrogen) atoms. The van der Waals surface area contributed by atoms with Gasteiger partial charge in [-0.1, -0.05) is 32.3 Å². The number of unbranched alkanes of at least 4 members (excludes halogenated alkanes) is 3. The lowest BCUT2D eigenvalue weighted by molar-refractivity contribution is -0.132. The first-order valence-electron chi connectivity index (χ1n) is 5.99. The summed E-state index contributed by atoms with van der Waals surface area (Å²) in [7, 11) is -4.46. The molecule has 0 rings (SSSR count). The highest BCUT2D eigenvalue weighted by Gasteiger charge is 2.12. The molecule has 0 saturated heterocycles. The molecule has 0 aliphatic heterocycles. The van der Waals surface area contributed by atoms with Crippen molar-refractivity contribution in [2.75, 3.05) is 6.61 Å². The van der Waals surface area contributed by atoms with Gasteiger partial charge in [0.05, 0.1) is 6.61 Å². The van der Waals surface area contributed by atoms with E-state index in [1.54, 1.807) is 0 Å². The molecule has 0 aliphatic carbocycles. The van der Waals surface area contributed by atoms with Crippen LogP contribution in [0.4, 0.5) is 0 Å². The topological polar surface area (TPSA) is 104 Å². The third kappa shape index (κ3) is 10.5. The summed E-state index contributed by atoms with van der Waals surface area (Å²) in [5.74, 6) is -0.984. The number of rotatable bonds is 10. The quantitative estimate of drug-likeness (QED) is 0.322. The number of phosphoric acid groups is 1. The second kappa shape index (κ2) is 9.28. The molecular formula is C11H21O6P. The minimum atomic E-state index is -4.46. The first-order chi connectivity index (χ1) is 8.37. The van der Waals surface area contributed by atoms with E-state index in [1.165, 1.54) is 6.08 Å². The summed E-state index contributed by atoms with van der Waals surface area (Å²) < 4.78 is 14.6. The summed E-state index contributed by atoms with van der Waals surface area (Å²) in [4.78, 5) is 27.8. The van der Waals surface area contributed by atoms with Crippen molar-refractivity contribution in [3.63, 3.8) is 0 Å². The molecule has 0 radical (unpaired) electrons. The van der Waals surface area contributed by atoms with Crippen molar-refractivity contribution in [3.8, 4) is 0 Å². The predicted octanol–water partition coefficient (Wildman–Crippen LogP) is 2.47. The average Bonchev–Trinajstić information content (AvgIpc) is 2.25. The van der Waals surface area contributed by atoms with Crippen LogP contribution in [0.15, 0.2) is 11.6 Å². The minimum Gasteiger partial charge on any atom is -0.478 e. The number of carbonyl (C=O) groups is 1. The van der Waals surface area contributed by atoms with Gasteiger partial charge in [-0.3, -0.25) is 4.52 Å². The summed E-state index contributed by atoms with van der Waals surface area (Å²) in [6.45, 7) is 1.89. The first-order valence-corrected chi connectivity index (χ1v) is 7.52. The van der Waals surface area contributed by atoms with Crippen molar-refractivity contribution >= 4 is 13.8 Å². The SMILES string of the molecule is CCCCCCC(=CCCOP(=O)(O)O)C(=O)O. The van der Waals surface area contributed by atoms with E-state index < -0.39 is 13.8 Å². The van der Waals surface area contributed by atoms with Crippen molar-refractivity contribution in [2.45, 2.75) is 45.4 Å². The lowest BCUT2D eigenvalue weighted by Crippen LogP contribution is -2.01. The lowest BCUT2D eigenvalue weighted by atomic mass is 10.1. The predicted molar refractivity (Wildman–Crippen MR) is 67.1 cm³/mol. The van der Waals surface area contributed by atoms with Gasteiger partial charge in [0.1, 0.15) is 0 Å². The highest BCUT2D eigenvalue weighted by molar-refractivity contribution is 7.46. The monoisotopic (exact) mass is 280 g/mol. The fourth-order valence-corrected chi connectivity index (χ4v) is 1.79. The van der Waals surface area contributed by atoms with Gasteiger partial charge in [0.25, 0.3) is 0 Å². The van der Waals surface area contributed by atoms with Crippen LogP contribution in [0.1, 0.15) is 45.4 Å². The van der Waals surface area contributed by atoms with Gasteiger partial charge in [0.2, 0.25) is 0 Å². The van der Waals surface area contributed by atoms with Gasteiger partial charge < -0.3 is 14.9 Å². The zero-order valence-corrected chi connectivity index (χ0v) is 11.4. The molecule has 0 spiro atoms. The summed E-state index contributed by atoms with van der Waals surface area (Å²) in [6, 6.07) is 0. The molecule has 0 aliphatic rings. The van der Waals surface area contributed by atoms with Crippen LogP contribution < -0.4 is 0 Å². The lowest BCUT2D eigenvalue weighted by Gasteiger charge is -2.04. The molecular weight excluding hydrogens is 259 g/mol. The zero-order valence-electron chi connectivity index (χ0n) is 10.5. The normalized spacial score (nSPS) is 12.7. The van der Waals surface area contributed by atoms with Gasteiger partial charge in [0, 0.05) is 5.57 Å². The molecule has 0 aromatic heterocycles. The van der Waals surface area contributed by atoms with Crippen LogP contribution in [0.3, 0.4) is 0 Å². The van der Waals surface area contributed by atoms with Crippen LogP contribution in [-0.4, -0.2) is 27.5 Å². The van der Waals surface area contributed by atoms with Gasteiger partial charge in [-0.2, -0.15) is 0 Å². The Morgan fingerprint density at radius 3 is 2.44 bits per heavy atom. The molecule has 0 atom stereocenters. The number of carboxylic acids is 1. The van der Waals surface area contributed by atoms with Crippen molar-refractivity contribution in [1.82, 2.24) is 0 Å². The molecule has 0 aromatic rings. The fraction of sp³-hybridized carbons (Fsp3) is 0.727. The van der Waals surface area contributed by atoms with Gasteiger partial charge >= 0.3 is 13.8 Å². The molecule has 6 nitrogen and oxygen atoms in total. The second-order valence-corrected chi connectivity index (χ2v) is 5.20. The van der Waals surface area contributed by atoms with Crippen LogP contribution >= 0.6 is 7.82 Å². The number of phosphoric ester groups is 1. The maximum atomic E-state index is 10.9. The first kappa shape index (κ1) is 17.3. The van der Waals surface area contributed by atoms with Crippen molar-refractivity contribution < 1.29 is 28.8 Å². The highest BCUT2D eigenvalue weighted by atomic mass is 31.2. The second-order valence-electron chi connectivity index (χ2n) is 3.96. The number of carboxylic acid groups (broad SMARTS) is 1. The van der Waals surface area contributed by atoms with E-state index in [9.17, 15) is 9.36 Å². The summed E-state index contributed by atoms with van der Waals surface area (Å²) in [5.41, 5.74) is 0.278. The Balaban J connectivity index is 4.01. The molecule has 0 aromatic carbocycles. The summed E-state index contributed by atoms with van der Waals surface area (Å²) >= 11 is 0.